The Labute approximate surface area is 137 Å². The molecule has 2 rings (SSSR count). The molecule has 2 aromatic carbocycles. The molecule has 106 valence electrons. The Kier molecular flexibility index (Phi) is 5.67. The van der Waals surface area contributed by atoms with E-state index in [4.69, 9.17) is 51.1 Å². The van der Waals surface area contributed by atoms with Crippen LogP contribution in [0.1, 0.15) is 0 Å². The highest BCUT2D eigenvalue weighted by atomic mass is 35.5. The molecule has 0 aliphatic heterocycles. The first kappa shape index (κ1) is 15.6. The normalized spacial score (nSPS) is 10.4. The maximum absolute atomic E-state index is 6.02. The molecule has 6 heteroatoms. The predicted molar refractivity (Wildman–Crippen MR) is 86.9 cm³/mol. The highest BCUT2D eigenvalue weighted by Gasteiger charge is 2.08. The molecule has 0 amide bonds. The summed E-state index contributed by atoms with van der Waals surface area (Å²) in [5, 5.41) is 5.17. The third-order valence-electron chi connectivity index (χ3n) is 2.48. The predicted octanol–water partition coefficient (Wildman–Crippen LogP) is 5.79. The van der Waals surface area contributed by atoms with E-state index in [2.05, 4.69) is 5.32 Å². The van der Waals surface area contributed by atoms with Gasteiger partial charge in [-0.25, -0.2) is 0 Å². The average molecular weight is 351 g/mol. The highest BCUT2D eigenvalue weighted by molar-refractivity contribution is 6.40. The molecule has 0 unspecified atom stereocenters. The van der Waals surface area contributed by atoms with E-state index in [0.29, 0.717) is 39.0 Å². The summed E-state index contributed by atoms with van der Waals surface area (Å²) in [5.74, 6) is 0.440. The fourth-order valence-corrected chi connectivity index (χ4v) is 2.64. The van der Waals surface area contributed by atoms with Crippen molar-refractivity contribution in [3.05, 3.63) is 56.5 Å². The Hall–Kier alpha value is -0.800. The summed E-state index contributed by atoms with van der Waals surface area (Å²) in [5.41, 5.74) is 0.964. The van der Waals surface area contributed by atoms with Crippen LogP contribution in [-0.4, -0.2) is 13.2 Å². The number of halogens is 4. The van der Waals surface area contributed by atoms with Gasteiger partial charge in [0.1, 0.15) is 6.61 Å². The number of hydrogen-bond acceptors (Lipinski definition) is 2. The van der Waals surface area contributed by atoms with Gasteiger partial charge < -0.3 is 10.1 Å². The Bertz CT molecular complexity index is 563. The number of benzene rings is 2. The van der Waals surface area contributed by atoms with Gasteiger partial charge in [0, 0.05) is 22.3 Å². The van der Waals surface area contributed by atoms with E-state index in [0.717, 1.165) is 5.69 Å². The molecule has 2 aromatic rings. The third kappa shape index (κ3) is 4.35. The molecule has 0 bridgehead atoms. The van der Waals surface area contributed by atoms with Gasteiger partial charge in [-0.15, -0.1) is 0 Å². The van der Waals surface area contributed by atoms with E-state index < -0.39 is 0 Å². The Morgan fingerprint density at radius 3 is 2.05 bits per heavy atom. The number of rotatable bonds is 5. The second-order valence-corrected chi connectivity index (χ2v) is 5.67. The lowest BCUT2D eigenvalue weighted by Crippen LogP contribution is -2.11. The first-order chi connectivity index (χ1) is 9.56. The monoisotopic (exact) mass is 349 g/mol. The third-order valence-corrected chi connectivity index (χ3v) is 3.52. The highest BCUT2D eigenvalue weighted by Crippen LogP contribution is 2.35. The van der Waals surface area contributed by atoms with E-state index in [1.807, 2.05) is 24.3 Å². The van der Waals surface area contributed by atoms with Crippen LogP contribution in [0.25, 0.3) is 0 Å². The molecule has 0 saturated heterocycles. The van der Waals surface area contributed by atoms with E-state index >= 15 is 0 Å². The zero-order valence-corrected chi connectivity index (χ0v) is 13.3. The summed E-state index contributed by atoms with van der Waals surface area (Å²) >= 11 is 23.7. The Balaban J connectivity index is 1.86. The van der Waals surface area contributed by atoms with Crippen LogP contribution in [0.2, 0.25) is 20.1 Å². The zero-order chi connectivity index (χ0) is 14.5. The van der Waals surface area contributed by atoms with Crippen LogP contribution in [0.5, 0.6) is 5.75 Å². The van der Waals surface area contributed by atoms with Crippen molar-refractivity contribution in [3.8, 4) is 5.75 Å². The summed E-state index contributed by atoms with van der Waals surface area (Å²) in [6.07, 6.45) is 0. The largest absolute Gasteiger partial charge is 0.489 e. The number of nitrogens with one attached hydrogen (secondary N) is 1. The van der Waals surface area contributed by atoms with Gasteiger partial charge >= 0.3 is 0 Å². The van der Waals surface area contributed by atoms with Crippen molar-refractivity contribution in [2.24, 2.45) is 0 Å². The van der Waals surface area contributed by atoms with Gasteiger partial charge in [-0.3, -0.25) is 0 Å². The first-order valence-electron chi connectivity index (χ1n) is 5.83. The van der Waals surface area contributed by atoms with Crippen LogP contribution in [0.4, 0.5) is 5.69 Å². The minimum absolute atomic E-state index is 0.397. The summed E-state index contributed by atoms with van der Waals surface area (Å²) in [6, 6.07) is 10.6. The van der Waals surface area contributed by atoms with E-state index in [1.165, 1.54) is 0 Å². The topological polar surface area (TPSA) is 21.3 Å². The Morgan fingerprint density at radius 2 is 1.45 bits per heavy atom. The molecule has 0 heterocycles. The Morgan fingerprint density at radius 1 is 0.850 bits per heavy atom. The molecule has 0 aromatic heterocycles. The molecule has 0 aliphatic rings. The maximum atomic E-state index is 6.02. The summed E-state index contributed by atoms with van der Waals surface area (Å²) in [7, 11) is 0. The molecule has 0 fully saturated rings. The molecule has 1 N–H and O–H groups in total. The van der Waals surface area contributed by atoms with Crippen molar-refractivity contribution >= 4 is 52.1 Å². The van der Waals surface area contributed by atoms with Crippen molar-refractivity contribution < 1.29 is 4.74 Å². The van der Waals surface area contributed by atoms with Crippen molar-refractivity contribution in [1.29, 1.82) is 0 Å². The van der Waals surface area contributed by atoms with Gasteiger partial charge in [0.15, 0.2) is 5.75 Å². The van der Waals surface area contributed by atoms with Crippen LogP contribution in [0.15, 0.2) is 36.4 Å². The summed E-state index contributed by atoms with van der Waals surface area (Å²) in [4.78, 5) is 0. The van der Waals surface area contributed by atoms with Crippen molar-refractivity contribution in [2.45, 2.75) is 0 Å². The van der Waals surface area contributed by atoms with Gasteiger partial charge in [-0.05, 0) is 36.4 Å². The minimum Gasteiger partial charge on any atom is -0.489 e. The fraction of sp³-hybridized carbons (Fsp3) is 0.143. The van der Waals surface area contributed by atoms with Crippen molar-refractivity contribution in [2.75, 3.05) is 18.5 Å². The zero-order valence-electron chi connectivity index (χ0n) is 10.3. The van der Waals surface area contributed by atoms with Crippen LogP contribution >= 0.6 is 46.4 Å². The van der Waals surface area contributed by atoms with Crippen molar-refractivity contribution in [1.82, 2.24) is 0 Å². The second kappa shape index (κ2) is 7.28. The first-order valence-corrected chi connectivity index (χ1v) is 7.34. The molecule has 0 atom stereocenters. The lowest BCUT2D eigenvalue weighted by atomic mass is 10.3. The van der Waals surface area contributed by atoms with Crippen LogP contribution in [-0.2, 0) is 0 Å². The molecule has 0 radical (unpaired) electrons. The smallest absolute Gasteiger partial charge is 0.156 e. The summed E-state index contributed by atoms with van der Waals surface area (Å²) < 4.78 is 5.56. The number of hydrogen-bond donors (Lipinski definition) is 1. The molecule has 0 saturated carbocycles. The standard InChI is InChI=1S/C14H11Cl4NO/c15-9-1-3-11(4-2-9)19-5-6-20-14-12(17)7-10(16)8-13(14)18/h1-4,7-8,19H,5-6H2. The quantitative estimate of drug-likeness (QED) is 0.689. The average Bonchev–Trinajstić information content (AvgIpc) is 2.39. The van der Waals surface area contributed by atoms with Gasteiger partial charge in [0.05, 0.1) is 10.0 Å². The lowest BCUT2D eigenvalue weighted by Gasteiger charge is -2.11. The fourth-order valence-electron chi connectivity index (χ4n) is 1.58. The van der Waals surface area contributed by atoms with Crippen LogP contribution in [0, 0.1) is 0 Å². The van der Waals surface area contributed by atoms with Gasteiger partial charge in [-0.2, -0.15) is 0 Å². The molecular weight excluding hydrogens is 340 g/mol. The number of anilines is 1. The molecule has 0 aliphatic carbocycles. The minimum atomic E-state index is 0.397. The molecule has 0 spiro atoms. The number of ether oxygens (including phenoxy) is 1. The molecule has 2 nitrogen and oxygen atoms in total. The van der Waals surface area contributed by atoms with Gasteiger partial charge in [0.2, 0.25) is 0 Å². The van der Waals surface area contributed by atoms with Gasteiger partial charge in [0.25, 0.3) is 0 Å². The molecule has 20 heavy (non-hydrogen) atoms. The van der Waals surface area contributed by atoms with E-state index in [-0.39, 0.29) is 0 Å². The van der Waals surface area contributed by atoms with E-state index in [1.54, 1.807) is 12.1 Å². The lowest BCUT2D eigenvalue weighted by molar-refractivity contribution is 0.333. The van der Waals surface area contributed by atoms with Crippen LogP contribution < -0.4 is 10.1 Å². The maximum Gasteiger partial charge on any atom is 0.156 e. The van der Waals surface area contributed by atoms with Crippen molar-refractivity contribution in [3.63, 3.8) is 0 Å². The second-order valence-electron chi connectivity index (χ2n) is 3.98. The summed E-state index contributed by atoms with van der Waals surface area (Å²) in [6.45, 7) is 1.03. The van der Waals surface area contributed by atoms with Gasteiger partial charge in [-0.1, -0.05) is 46.4 Å². The van der Waals surface area contributed by atoms with Crippen LogP contribution in [0.3, 0.4) is 0 Å². The molecular formula is C14H11Cl4NO. The van der Waals surface area contributed by atoms with E-state index in [9.17, 15) is 0 Å². The SMILES string of the molecule is Clc1ccc(NCCOc2c(Cl)cc(Cl)cc2Cl)cc1.